The SMILES string of the molecule is O=C(O)CN(C[C@H](O)Cn1c2ccccc2c2ccccc21)S(=O)(=O)c1ccccc1. The van der Waals surface area contributed by atoms with E-state index in [4.69, 9.17) is 0 Å². The first-order valence-corrected chi connectivity index (χ1v) is 11.2. The lowest BCUT2D eigenvalue weighted by Crippen LogP contribution is -2.41. The molecule has 1 atom stereocenters. The van der Waals surface area contributed by atoms with E-state index in [1.54, 1.807) is 18.2 Å². The van der Waals surface area contributed by atoms with E-state index in [2.05, 4.69) is 0 Å². The van der Waals surface area contributed by atoms with Crippen LogP contribution in [0.5, 0.6) is 0 Å². The van der Waals surface area contributed by atoms with Crippen LogP contribution in [0.4, 0.5) is 0 Å². The number of carboxylic acids is 1. The number of benzene rings is 3. The number of rotatable bonds is 8. The summed E-state index contributed by atoms with van der Waals surface area (Å²) in [6.45, 7) is -0.958. The monoisotopic (exact) mass is 438 g/mol. The second-order valence-corrected chi connectivity index (χ2v) is 9.24. The number of aromatic nitrogens is 1. The van der Waals surface area contributed by atoms with Gasteiger partial charge in [-0.3, -0.25) is 4.79 Å². The van der Waals surface area contributed by atoms with Crippen molar-refractivity contribution >= 4 is 37.8 Å². The molecule has 4 rings (SSSR count). The number of aliphatic hydroxyl groups excluding tert-OH is 1. The number of hydrogen-bond donors (Lipinski definition) is 2. The molecule has 0 aliphatic rings. The molecule has 0 bridgehead atoms. The van der Waals surface area contributed by atoms with E-state index < -0.39 is 28.6 Å². The standard InChI is InChI=1S/C23H22N2O5S/c26-17(14-24(16-23(27)28)31(29,30)18-8-2-1-3-9-18)15-25-21-12-6-4-10-19(21)20-11-5-7-13-22(20)25/h1-13,17,26H,14-16H2,(H,27,28)/t17-/m0/s1. The van der Waals surface area contributed by atoms with Gasteiger partial charge in [-0.2, -0.15) is 4.31 Å². The smallest absolute Gasteiger partial charge is 0.318 e. The van der Waals surface area contributed by atoms with Crippen molar-refractivity contribution in [3.63, 3.8) is 0 Å². The number of nitrogens with zero attached hydrogens (tertiary/aromatic N) is 2. The minimum absolute atomic E-state index is 0.0136. The molecule has 0 saturated carbocycles. The normalized spacial score (nSPS) is 13.1. The summed E-state index contributed by atoms with van der Waals surface area (Å²) < 4.78 is 28.7. The first-order valence-electron chi connectivity index (χ1n) is 9.79. The highest BCUT2D eigenvalue weighted by Gasteiger charge is 2.29. The van der Waals surface area contributed by atoms with E-state index in [-0.39, 0.29) is 18.0 Å². The summed E-state index contributed by atoms with van der Waals surface area (Å²) in [5.74, 6) is -1.29. The first-order chi connectivity index (χ1) is 14.9. The van der Waals surface area contributed by atoms with Crippen LogP contribution in [-0.4, -0.2) is 52.7 Å². The zero-order valence-corrected chi connectivity index (χ0v) is 17.4. The molecule has 8 heteroatoms. The molecule has 1 heterocycles. The van der Waals surface area contributed by atoms with Gasteiger partial charge in [0.1, 0.15) is 6.54 Å². The number of hydrogen-bond acceptors (Lipinski definition) is 4. The van der Waals surface area contributed by atoms with Crippen LogP contribution < -0.4 is 0 Å². The molecule has 0 unspecified atom stereocenters. The number of sulfonamides is 1. The number of aliphatic hydroxyl groups is 1. The maximum atomic E-state index is 13.0. The zero-order valence-electron chi connectivity index (χ0n) is 16.6. The molecule has 0 aliphatic carbocycles. The lowest BCUT2D eigenvalue weighted by molar-refractivity contribution is -0.137. The lowest BCUT2D eigenvalue weighted by atomic mass is 10.2. The lowest BCUT2D eigenvalue weighted by Gasteiger charge is -2.24. The molecule has 4 aromatic rings. The van der Waals surface area contributed by atoms with Gasteiger partial charge in [-0.25, -0.2) is 8.42 Å². The average Bonchev–Trinajstić information content (AvgIpc) is 3.07. The van der Waals surface area contributed by atoms with E-state index >= 15 is 0 Å². The first kappa shape index (κ1) is 21.0. The van der Waals surface area contributed by atoms with Gasteiger partial charge in [-0.15, -0.1) is 0 Å². The molecule has 2 N–H and O–H groups in total. The van der Waals surface area contributed by atoms with Crippen molar-refractivity contribution in [3.8, 4) is 0 Å². The number of carboxylic acid groups (broad SMARTS) is 1. The quantitative estimate of drug-likeness (QED) is 0.441. The molecule has 3 aromatic carbocycles. The highest BCUT2D eigenvalue weighted by atomic mass is 32.2. The minimum Gasteiger partial charge on any atom is -0.480 e. The van der Waals surface area contributed by atoms with Gasteiger partial charge in [-0.05, 0) is 24.3 Å². The Balaban J connectivity index is 1.66. The van der Waals surface area contributed by atoms with Gasteiger partial charge in [0, 0.05) is 28.4 Å². The fourth-order valence-corrected chi connectivity index (χ4v) is 5.29. The van der Waals surface area contributed by atoms with Crippen LogP contribution in [0.25, 0.3) is 21.8 Å². The summed E-state index contributed by atoms with van der Waals surface area (Å²) in [4.78, 5) is 11.3. The largest absolute Gasteiger partial charge is 0.480 e. The van der Waals surface area contributed by atoms with Crippen LogP contribution in [0, 0.1) is 0 Å². The van der Waals surface area contributed by atoms with Crippen LogP contribution in [0.2, 0.25) is 0 Å². The third kappa shape index (κ3) is 4.18. The van der Waals surface area contributed by atoms with Gasteiger partial charge in [0.25, 0.3) is 0 Å². The van der Waals surface area contributed by atoms with Crippen LogP contribution in [-0.2, 0) is 21.4 Å². The summed E-state index contributed by atoms with van der Waals surface area (Å²) in [5, 5.41) is 22.1. The van der Waals surface area contributed by atoms with E-state index in [0.29, 0.717) is 0 Å². The average molecular weight is 439 g/mol. The molecular formula is C23H22N2O5S. The summed E-state index contributed by atoms with van der Waals surface area (Å²) in [6, 6.07) is 23.2. The summed E-state index contributed by atoms with van der Waals surface area (Å²) in [7, 11) is -4.07. The molecule has 0 spiro atoms. The van der Waals surface area contributed by atoms with Crippen molar-refractivity contribution in [3.05, 3.63) is 78.9 Å². The van der Waals surface area contributed by atoms with Crippen molar-refractivity contribution in [1.82, 2.24) is 8.87 Å². The zero-order chi connectivity index (χ0) is 22.0. The Hall–Kier alpha value is -3.20. The van der Waals surface area contributed by atoms with Crippen LogP contribution in [0.3, 0.4) is 0 Å². The molecule has 1 aromatic heterocycles. The summed E-state index contributed by atoms with van der Waals surface area (Å²) >= 11 is 0. The Morgan fingerprint density at radius 2 is 1.39 bits per heavy atom. The van der Waals surface area contributed by atoms with Crippen LogP contribution in [0.15, 0.2) is 83.8 Å². The van der Waals surface area contributed by atoms with Gasteiger partial charge in [0.15, 0.2) is 0 Å². The Morgan fingerprint density at radius 3 is 1.94 bits per heavy atom. The predicted octanol–water partition coefficient (Wildman–Crippen LogP) is 2.93. The second-order valence-electron chi connectivity index (χ2n) is 7.30. The van der Waals surface area contributed by atoms with E-state index in [1.165, 1.54) is 12.1 Å². The number of carbonyl (C=O) groups is 1. The van der Waals surface area contributed by atoms with E-state index in [1.807, 2.05) is 53.1 Å². The second kappa shape index (κ2) is 8.50. The van der Waals surface area contributed by atoms with Gasteiger partial charge in [0.05, 0.1) is 17.5 Å². The molecule has 31 heavy (non-hydrogen) atoms. The van der Waals surface area contributed by atoms with Gasteiger partial charge in [0.2, 0.25) is 10.0 Å². The fraction of sp³-hybridized carbons (Fsp3) is 0.174. The molecule has 160 valence electrons. The Morgan fingerprint density at radius 1 is 0.871 bits per heavy atom. The Kier molecular flexibility index (Phi) is 5.77. The molecule has 0 fully saturated rings. The van der Waals surface area contributed by atoms with Crippen molar-refractivity contribution in [1.29, 1.82) is 0 Å². The third-order valence-electron chi connectivity index (χ3n) is 5.18. The molecule has 0 amide bonds. The van der Waals surface area contributed by atoms with Crippen molar-refractivity contribution in [2.75, 3.05) is 13.1 Å². The van der Waals surface area contributed by atoms with Gasteiger partial charge >= 0.3 is 5.97 Å². The summed E-state index contributed by atoms with van der Waals surface area (Å²) in [6.07, 6.45) is -1.11. The predicted molar refractivity (Wildman–Crippen MR) is 118 cm³/mol. The van der Waals surface area contributed by atoms with Crippen molar-refractivity contribution < 1.29 is 23.4 Å². The van der Waals surface area contributed by atoms with Gasteiger partial charge in [-0.1, -0.05) is 54.6 Å². The van der Waals surface area contributed by atoms with Gasteiger partial charge < -0.3 is 14.8 Å². The maximum Gasteiger partial charge on any atom is 0.318 e. The minimum atomic E-state index is -4.07. The maximum absolute atomic E-state index is 13.0. The number of aliphatic carboxylic acids is 1. The highest BCUT2D eigenvalue weighted by molar-refractivity contribution is 7.89. The number of fused-ring (bicyclic) bond motifs is 3. The molecule has 0 aliphatic heterocycles. The van der Waals surface area contributed by atoms with Crippen molar-refractivity contribution in [2.24, 2.45) is 0 Å². The highest BCUT2D eigenvalue weighted by Crippen LogP contribution is 2.29. The van der Waals surface area contributed by atoms with E-state index in [0.717, 1.165) is 26.1 Å². The van der Waals surface area contributed by atoms with Crippen LogP contribution >= 0.6 is 0 Å². The molecule has 0 radical (unpaired) electrons. The topological polar surface area (TPSA) is 99.8 Å². The molecule has 0 saturated heterocycles. The Bertz CT molecular complexity index is 1280. The Labute approximate surface area is 179 Å². The molecular weight excluding hydrogens is 416 g/mol. The van der Waals surface area contributed by atoms with Crippen molar-refractivity contribution in [2.45, 2.75) is 17.5 Å². The third-order valence-corrected chi connectivity index (χ3v) is 7.01. The fourth-order valence-electron chi connectivity index (χ4n) is 3.84. The summed E-state index contributed by atoms with van der Waals surface area (Å²) in [5.41, 5.74) is 1.83. The van der Waals surface area contributed by atoms with Crippen LogP contribution in [0.1, 0.15) is 0 Å². The number of para-hydroxylation sites is 2. The van der Waals surface area contributed by atoms with E-state index in [9.17, 15) is 23.4 Å². The molecule has 7 nitrogen and oxygen atoms in total.